The fraction of sp³-hybridized carbons (Fsp3) is 0.500. The Labute approximate surface area is 121 Å². The number of hydrogen-bond donors (Lipinski definition) is 2. The second-order valence-corrected chi connectivity index (χ2v) is 5.27. The van der Waals surface area contributed by atoms with Crippen LogP contribution in [0.25, 0.3) is 0 Å². The number of nitrogens with one attached hydrogen (secondary N) is 2. The summed E-state index contributed by atoms with van der Waals surface area (Å²) in [6.07, 6.45) is -4.37. The Hall–Kier alpha value is -1.76. The second-order valence-electron chi connectivity index (χ2n) is 5.27. The van der Waals surface area contributed by atoms with Crippen molar-refractivity contribution in [3.8, 4) is 0 Å². The van der Waals surface area contributed by atoms with Gasteiger partial charge in [-0.1, -0.05) is 0 Å². The highest BCUT2D eigenvalue weighted by atomic mass is 19.4. The second kappa shape index (κ2) is 5.93. The summed E-state index contributed by atoms with van der Waals surface area (Å²) < 4.78 is 37.4. The first kappa shape index (κ1) is 15.6. The average Bonchev–Trinajstić information content (AvgIpc) is 2.38. The van der Waals surface area contributed by atoms with E-state index in [1.807, 2.05) is 13.8 Å². The summed E-state index contributed by atoms with van der Waals surface area (Å²) in [6.45, 7) is 5.25. The van der Waals surface area contributed by atoms with E-state index in [1.54, 1.807) is 4.90 Å². The van der Waals surface area contributed by atoms with E-state index in [2.05, 4.69) is 10.6 Å². The van der Waals surface area contributed by atoms with Crippen LogP contribution in [0.4, 0.5) is 23.7 Å². The van der Waals surface area contributed by atoms with Gasteiger partial charge in [0.05, 0.1) is 5.56 Å². The minimum atomic E-state index is -4.37. The third-order valence-electron chi connectivity index (χ3n) is 3.53. The quantitative estimate of drug-likeness (QED) is 0.837. The molecule has 7 heteroatoms. The summed E-state index contributed by atoms with van der Waals surface area (Å²) in [4.78, 5) is 13.9. The Morgan fingerprint density at radius 2 is 1.71 bits per heavy atom. The van der Waals surface area contributed by atoms with Gasteiger partial charge in [0.1, 0.15) is 0 Å². The number of piperazine rings is 1. The molecule has 2 unspecified atom stereocenters. The lowest BCUT2D eigenvalue weighted by Crippen LogP contribution is -2.58. The van der Waals surface area contributed by atoms with Crippen LogP contribution in [-0.4, -0.2) is 36.1 Å². The highest BCUT2D eigenvalue weighted by Crippen LogP contribution is 2.29. The molecular formula is C14H18F3N3O. The number of hydrogen-bond acceptors (Lipinski definition) is 2. The predicted molar refractivity (Wildman–Crippen MR) is 74.1 cm³/mol. The molecule has 116 valence electrons. The molecule has 0 saturated carbocycles. The minimum Gasteiger partial charge on any atom is -0.317 e. The number of urea groups is 1. The van der Waals surface area contributed by atoms with E-state index in [0.717, 1.165) is 12.1 Å². The van der Waals surface area contributed by atoms with Crippen LogP contribution in [0.5, 0.6) is 0 Å². The molecule has 1 aliphatic heterocycles. The molecule has 21 heavy (non-hydrogen) atoms. The first-order chi connectivity index (χ1) is 9.79. The van der Waals surface area contributed by atoms with Crippen molar-refractivity contribution in [3.05, 3.63) is 29.8 Å². The van der Waals surface area contributed by atoms with Gasteiger partial charge < -0.3 is 15.5 Å². The molecule has 0 radical (unpaired) electrons. The lowest BCUT2D eigenvalue weighted by Gasteiger charge is -2.39. The predicted octanol–water partition coefficient (Wildman–Crippen LogP) is 2.92. The van der Waals surface area contributed by atoms with E-state index < -0.39 is 11.7 Å². The standard InChI is InChI=1S/C14H18F3N3O/c1-9-7-18-8-10(2)20(9)13(21)19-12-5-3-11(4-6-12)14(15,16)17/h3-6,9-10,18H,7-8H2,1-2H3,(H,19,21). The number of rotatable bonds is 1. The summed E-state index contributed by atoms with van der Waals surface area (Å²) in [5, 5.41) is 5.85. The van der Waals surface area contributed by atoms with E-state index in [1.165, 1.54) is 12.1 Å². The molecule has 2 rings (SSSR count). The maximum atomic E-state index is 12.5. The third kappa shape index (κ3) is 3.66. The van der Waals surface area contributed by atoms with E-state index in [4.69, 9.17) is 0 Å². The molecule has 0 spiro atoms. The zero-order valence-corrected chi connectivity index (χ0v) is 11.9. The highest BCUT2D eigenvalue weighted by Gasteiger charge is 2.31. The van der Waals surface area contributed by atoms with Gasteiger partial charge in [-0.2, -0.15) is 13.2 Å². The number of carbonyl (C=O) groups is 1. The topological polar surface area (TPSA) is 44.4 Å². The Balaban J connectivity index is 2.05. The van der Waals surface area contributed by atoms with Crippen molar-refractivity contribution >= 4 is 11.7 Å². The number of amides is 2. The Morgan fingerprint density at radius 1 is 1.19 bits per heavy atom. The molecule has 1 saturated heterocycles. The van der Waals surface area contributed by atoms with Crippen molar-refractivity contribution in [3.63, 3.8) is 0 Å². The molecule has 2 amide bonds. The highest BCUT2D eigenvalue weighted by molar-refractivity contribution is 5.89. The van der Waals surface area contributed by atoms with Gasteiger partial charge in [-0.15, -0.1) is 0 Å². The average molecular weight is 301 g/mol. The molecule has 1 aliphatic rings. The molecule has 1 aromatic carbocycles. The molecule has 0 aromatic heterocycles. The monoisotopic (exact) mass is 301 g/mol. The fourth-order valence-electron chi connectivity index (χ4n) is 2.46. The number of nitrogens with zero attached hydrogens (tertiary/aromatic N) is 1. The van der Waals surface area contributed by atoms with Crippen molar-refractivity contribution in [2.45, 2.75) is 32.1 Å². The van der Waals surface area contributed by atoms with Crippen LogP contribution < -0.4 is 10.6 Å². The number of halogens is 3. The summed E-state index contributed by atoms with van der Waals surface area (Å²) >= 11 is 0. The van der Waals surface area contributed by atoms with Gasteiger partial charge in [0.2, 0.25) is 0 Å². The third-order valence-corrected chi connectivity index (χ3v) is 3.53. The lowest BCUT2D eigenvalue weighted by molar-refractivity contribution is -0.137. The normalized spacial score (nSPS) is 23.0. The molecule has 2 N–H and O–H groups in total. The van der Waals surface area contributed by atoms with Gasteiger partial charge >= 0.3 is 12.2 Å². The van der Waals surface area contributed by atoms with Crippen molar-refractivity contribution in [2.75, 3.05) is 18.4 Å². The fourth-order valence-corrected chi connectivity index (χ4v) is 2.46. The number of anilines is 1. The van der Waals surface area contributed by atoms with Crippen LogP contribution in [0, 0.1) is 0 Å². The van der Waals surface area contributed by atoms with Crippen molar-refractivity contribution in [1.29, 1.82) is 0 Å². The van der Waals surface area contributed by atoms with Gasteiger partial charge in [0.25, 0.3) is 0 Å². The van der Waals surface area contributed by atoms with Crippen molar-refractivity contribution < 1.29 is 18.0 Å². The minimum absolute atomic E-state index is 0.0307. The maximum Gasteiger partial charge on any atom is 0.416 e. The van der Waals surface area contributed by atoms with Crippen LogP contribution in [0.1, 0.15) is 19.4 Å². The molecule has 0 bridgehead atoms. The smallest absolute Gasteiger partial charge is 0.317 e. The van der Waals surface area contributed by atoms with Gasteiger partial charge in [0.15, 0.2) is 0 Å². The van der Waals surface area contributed by atoms with Crippen LogP contribution in [0.2, 0.25) is 0 Å². The van der Waals surface area contributed by atoms with Crippen LogP contribution >= 0.6 is 0 Å². The van der Waals surface area contributed by atoms with E-state index in [-0.39, 0.29) is 18.1 Å². The van der Waals surface area contributed by atoms with E-state index >= 15 is 0 Å². The van der Waals surface area contributed by atoms with Gasteiger partial charge in [-0.25, -0.2) is 4.79 Å². The largest absolute Gasteiger partial charge is 0.416 e. The Bertz CT molecular complexity index is 491. The van der Waals surface area contributed by atoms with E-state index in [9.17, 15) is 18.0 Å². The summed E-state index contributed by atoms with van der Waals surface area (Å²) in [5.74, 6) is 0. The molecule has 2 atom stereocenters. The molecule has 1 heterocycles. The maximum absolute atomic E-state index is 12.5. The van der Waals surface area contributed by atoms with Crippen LogP contribution in [0.3, 0.4) is 0 Å². The number of carbonyl (C=O) groups excluding carboxylic acids is 1. The van der Waals surface area contributed by atoms with Crippen molar-refractivity contribution in [1.82, 2.24) is 10.2 Å². The van der Waals surface area contributed by atoms with Crippen molar-refractivity contribution in [2.24, 2.45) is 0 Å². The summed E-state index contributed by atoms with van der Waals surface area (Å²) in [5.41, 5.74) is -0.379. The Morgan fingerprint density at radius 3 is 2.19 bits per heavy atom. The zero-order chi connectivity index (χ0) is 15.6. The first-order valence-electron chi connectivity index (χ1n) is 6.76. The van der Waals surface area contributed by atoms with Gasteiger partial charge in [0, 0.05) is 30.9 Å². The number of alkyl halides is 3. The summed E-state index contributed by atoms with van der Waals surface area (Å²) in [7, 11) is 0. The zero-order valence-electron chi connectivity index (χ0n) is 11.9. The van der Waals surface area contributed by atoms with E-state index in [0.29, 0.717) is 18.8 Å². The molecule has 1 aromatic rings. The SMILES string of the molecule is CC1CNCC(C)N1C(=O)Nc1ccc(C(F)(F)F)cc1. The first-order valence-corrected chi connectivity index (χ1v) is 6.76. The molecule has 4 nitrogen and oxygen atoms in total. The van der Waals surface area contributed by atoms with Gasteiger partial charge in [-0.3, -0.25) is 0 Å². The van der Waals surface area contributed by atoms with Gasteiger partial charge in [-0.05, 0) is 38.1 Å². The Kier molecular flexibility index (Phi) is 4.41. The summed E-state index contributed by atoms with van der Waals surface area (Å²) in [6, 6.07) is 4.21. The number of benzene rings is 1. The van der Waals surface area contributed by atoms with Crippen LogP contribution in [0.15, 0.2) is 24.3 Å². The molecular weight excluding hydrogens is 283 g/mol. The molecule has 1 fully saturated rings. The van der Waals surface area contributed by atoms with Crippen LogP contribution in [-0.2, 0) is 6.18 Å². The lowest BCUT2D eigenvalue weighted by atomic mass is 10.1. The molecule has 0 aliphatic carbocycles.